The number of halogens is 1. The minimum Gasteiger partial charge on any atom is -0.454 e. The van der Waals surface area contributed by atoms with Gasteiger partial charge in [-0.1, -0.05) is 11.6 Å². The van der Waals surface area contributed by atoms with Gasteiger partial charge in [-0.15, -0.1) is 0 Å². The maximum atomic E-state index is 6.18. The molecule has 0 bridgehead atoms. The van der Waals surface area contributed by atoms with E-state index in [1.165, 1.54) is 25.9 Å². The van der Waals surface area contributed by atoms with E-state index in [1.54, 1.807) is 0 Å². The standard InChI is InChI=1S/C14H19ClN2O2/c1-17-4-2-11(3-5-17)16-8-10-6-12(15)14-13(7-10)18-9-19-14/h6-7,11,16H,2-5,8-9H2,1H3. The summed E-state index contributed by atoms with van der Waals surface area (Å²) in [5.74, 6) is 1.43. The summed E-state index contributed by atoms with van der Waals surface area (Å²) in [6.07, 6.45) is 2.41. The van der Waals surface area contributed by atoms with E-state index >= 15 is 0 Å². The molecular weight excluding hydrogens is 264 g/mol. The van der Waals surface area contributed by atoms with Crippen molar-refractivity contribution >= 4 is 11.6 Å². The number of hydrogen-bond donors (Lipinski definition) is 1. The number of nitrogens with zero attached hydrogens (tertiary/aromatic N) is 1. The molecule has 0 radical (unpaired) electrons. The maximum absolute atomic E-state index is 6.18. The van der Waals surface area contributed by atoms with Crippen LogP contribution in [0, 0.1) is 0 Å². The van der Waals surface area contributed by atoms with Crippen molar-refractivity contribution in [3.8, 4) is 11.5 Å². The Hall–Kier alpha value is -0.970. The lowest BCUT2D eigenvalue weighted by Gasteiger charge is -2.29. The summed E-state index contributed by atoms with van der Waals surface area (Å²) in [5.41, 5.74) is 1.15. The van der Waals surface area contributed by atoms with Gasteiger partial charge < -0.3 is 19.7 Å². The molecule has 0 aliphatic carbocycles. The molecule has 0 unspecified atom stereocenters. The first-order valence-electron chi connectivity index (χ1n) is 6.72. The zero-order chi connectivity index (χ0) is 13.2. The molecule has 2 aliphatic rings. The van der Waals surface area contributed by atoms with Gasteiger partial charge in [-0.3, -0.25) is 0 Å². The van der Waals surface area contributed by atoms with E-state index in [0.717, 1.165) is 17.9 Å². The first kappa shape index (κ1) is 13.0. The fraction of sp³-hybridized carbons (Fsp3) is 0.571. The molecule has 5 heteroatoms. The van der Waals surface area contributed by atoms with Crippen molar-refractivity contribution in [2.45, 2.75) is 25.4 Å². The average molecular weight is 283 g/mol. The van der Waals surface area contributed by atoms with Gasteiger partial charge in [0.25, 0.3) is 0 Å². The number of nitrogens with one attached hydrogen (secondary N) is 1. The summed E-state index contributed by atoms with van der Waals surface area (Å²) >= 11 is 6.18. The zero-order valence-electron chi connectivity index (χ0n) is 11.1. The number of likely N-dealkylation sites (tertiary alicyclic amines) is 1. The fourth-order valence-electron chi connectivity index (χ4n) is 2.60. The van der Waals surface area contributed by atoms with Crippen molar-refractivity contribution in [2.75, 3.05) is 26.9 Å². The minimum absolute atomic E-state index is 0.265. The number of ether oxygens (including phenoxy) is 2. The Balaban J connectivity index is 1.60. The van der Waals surface area contributed by atoms with Crippen molar-refractivity contribution < 1.29 is 9.47 Å². The Labute approximate surface area is 118 Å². The van der Waals surface area contributed by atoms with Gasteiger partial charge in [0, 0.05) is 12.6 Å². The summed E-state index contributed by atoms with van der Waals surface area (Å²) in [6, 6.07) is 4.56. The van der Waals surface area contributed by atoms with Crippen molar-refractivity contribution in [3.05, 3.63) is 22.7 Å². The third kappa shape index (κ3) is 2.96. The number of piperidine rings is 1. The van der Waals surface area contributed by atoms with E-state index in [0.29, 0.717) is 16.8 Å². The van der Waals surface area contributed by atoms with E-state index in [2.05, 4.69) is 17.3 Å². The predicted octanol–water partition coefficient (Wildman–Crippen LogP) is 2.25. The maximum Gasteiger partial charge on any atom is 0.231 e. The molecule has 0 aromatic heterocycles. The Kier molecular flexibility index (Phi) is 3.82. The Morgan fingerprint density at radius 2 is 2.11 bits per heavy atom. The van der Waals surface area contributed by atoms with Crippen molar-refractivity contribution in [2.24, 2.45) is 0 Å². The lowest BCUT2D eigenvalue weighted by atomic mass is 10.1. The molecule has 1 N–H and O–H groups in total. The van der Waals surface area contributed by atoms with Crippen LogP contribution < -0.4 is 14.8 Å². The summed E-state index contributed by atoms with van der Waals surface area (Å²) in [5, 5.41) is 4.23. The van der Waals surface area contributed by atoms with Gasteiger partial charge in [0.15, 0.2) is 11.5 Å². The highest BCUT2D eigenvalue weighted by Crippen LogP contribution is 2.39. The number of benzene rings is 1. The monoisotopic (exact) mass is 282 g/mol. The van der Waals surface area contributed by atoms with Gasteiger partial charge in [-0.2, -0.15) is 0 Å². The average Bonchev–Trinajstić information content (AvgIpc) is 2.87. The van der Waals surface area contributed by atoms with Crippen LogP contribution in [0.15, 0.2) is 12.1 Å². The Morgan fingerprint density at radius 1 is 1.32 bits per heavy atom. The Bertz CT molecular complexity index is 459. The summed E-state index contributed by atoms with van der Waals surface area (Å²) in [4.78, 5) is 2.37. The van der Waals surface area contributed by atoms with Crippen LogP contribution in [0.4, 0.5) is 0 Å². The SMILES string of the molecule is CN1CCC(NCc2cc(Cl)c3c(c2)OCO3)CC1. The lowest BCUT2D eigenvalue weighted by molar-refractivity contribution is 0.174. The van der Waals surface area contributed by atoms with E-state index in [9.17, 15) is 0 Å². The summed E-state index contributed by atoms with van der Waals surface area (Å²) in [7, 11) is 2.17. The molecule has 0 amide bonds. The lowest BCUT2D eigenvalue weighted by Crippen LogP contribution is -2.40. The second-order valence-corrected chi connectivity index (χ2v) is 5.68. The molecule has 0 atom stereocenters. The number of fused-ring (bicyclic) bond motifs is 1. The van der Waals surface area contributed by atoms with E-state index in [4.69, 9.17) is 21.1 Å². The van der Waals surface area contributed by atoms with Crippen LogP contribution in [-0.4, -0.2) is 37.9 Å². The van der Waals surface area contributed by atoms with Crippen LogP contribution in [-0.2, 0) is 6.54 Å². The van der Waals surface area contributed by atoms with Crippen LogP contribution in [0.25, 0.3) is 0 Å². The van der Waals surface area contributed by atoms with Gasteiger partial charge in [0.1, 0.15) is 0 Å². The fourth-order valence-corrected chi connectivity index (χ4v) is 2.89. The number of rotatable bonds is 3. The molecule has 0 spiro atoms. The highest BCUT2D eigenvalue weighted by Gasteiger charge is 2.19. The van der Waals surface area contributed by atoms with E-state index in [-0.39, 0.29) is 6.79 Å². The van der Waals surface area contributed by atoms with E-state index < -0.39 is 0 Å². The Morgan fingerprint density at radius 3 is 2.89 bits per heavy atom. The third-order valence-electron chi connectivity index (χ3n) is 3.80. The molecule has 104 valence electrons. The molecule has 2 heterocycles. The van der Waals surface area contributed by atoms with Gasteiger partial charge in [0.05, 0.1) is 5.02 Å². The molecule has 3 rings (SSSR count). The molecule has 1 saturated heterocycles. The molecule has 1 aromatic rings. The normalized spacial score (nSPS) is 19.9. The van der Waals surface area contributed by atoms with Gasteiger partial charge in [-0.25, -0.2) is 0 Å². The largest absolute Gasteiger partial charge is 0.454 e. The molecule has 2 aliphatic heterocycles. The van der Waals surface area contributed by atoms with Crippen LogP contribution in [0.5, 0.6) is 11.5 Å². The smallest absolute Gasteiger partial charge is 0.231 e. The topological polar surface area (TPSA) is 33.7 Å². The summed E-state index contributed by atoms with van der Waals surface area (Å²) in [6.45, 7) is 3.42. The molecule has 1 aromatic carbocycles. The number of hydrogen-bond acceptors (Lipinski definition) is 4. The van der Waals surface area contributed by atoms with Gasteiger partial charge in [-0.05, 0) is 50.7 Å². The molecule has 19 heavy (non-hydrogen) atoms. The molecule has 4 nitrogen and oxygen atoms in total. The molecule has 0 saturated carbocycles. The van der Waals surface area contributed by atoms with Gasteiger partial charge >= 0.3 is 0 Å². The minimum atomic E-state index is 0.265. The van der Waals surface area contributed by atoms with Crippen LogP contribution in [0.3, 0.4) is 0 Å². The van der Waals surface area contributed by atoms with Crippen molar-refractivity contribution in [1.29, 1.82) is 0 Å². The predicted molar refractivity (Wildman–Crippen MR) is 74.9 cm³/mol. The first-order chi connectivity index (χ1) is 9.22. The second-order valence-electron chi connectivity index (χ2n) is 5.27. The van der Waals surface area contributed by atoms with E-state index in [1.807, 2.05) is 12.1 Å². The quantitative estimate of drug-likeness (QED) is 0.922. The second kappa shape index (κ2) is 5.57. The zero-order valence-corrected chi connectivity index (χ0v) is 11.9. The highest BCUT2D eigenvalue weighted by atomic mass is 35.5. The van der Waals surface area contributed by atoms with Crippen LogP contribution in [0.1, 0.15) is 18.4 Å². The summed E-state index contributed by atoms with van der Waals surface area (Å²) < 4.78 is 10.7. The molecular formula is C14H19ClN2O2. The third-order valence-corrected chi connectivity index (χ3v) is 4.08. The first-order valence-corrected chi connectivity index (χ1v) is 7.10. The van der Waals surface area contributed by atoms with Crippen LogP contribution >= 0.6 is 11.6 Å². The van der Waals surface area contributed by atoms with Crippen LogP contribution in [0.2, 0.25) is 5.02 Å². The van der Waals surface area contributed by atoms with Crippen molar-refractivity contribution in [1.82, 2.24) is 10.2 Å². The highest BCUT2D eigenvalue weighted by molar-refractivity contribution is 6.32. The molecule has 1 fully saturated rings. The van der Waals surface area contributed by atoms with Crippen molar-refractivity contribution in [3.63, 3.8) is 0 Å². The van der Waals surface area contributed by atoms with Gasteiger partial charge in [0.2, 0.25) is 6.79 Å².